The van der Waals surface area contributed by atoms with Gasteiger partial charge in [0.2, 0.25) is 0 Å². The van der Waals surface area contributed by atoms with Crippen molar-refractivity contribution in [3.63, 3.8) is 0 Å². The van der Waals surface area contributed by atoms with Crippen molar-refractivity contribution in [3.05, 3.63) is 59.2 Å². The van der Waals surface area contributed by atoms with E-state index in [2.05, 4.69) is 55.5 Å². The van der Waals surface area contributed by atoms with E-state index in [4.69, 9.17) is 4.74 Å². The fraction of sp³-hybridized carbons (Fsp3) is 0.417. The van der Waals surface area contributed by atoms with E-state index in [9.17, 15) is 0 Å². The fourth-order valence-corrected chi connectivity index (χ4v) is 4.20. The first-order valence-electron chi connectivity index (χ1n) is 9.93. The summed E-state index contributed by atoms with van der Waals surface area (Å²) in [4.78, 5) is 0. The molecule has 2 aromatic rings. The Morgan fingerprint density at radius 1 is 1.00 bits per heavy atom. The smallest absolute Gasteiger partial charge is 0.101 e. The van der Waals surface area contributed by atoms with Gasteiger partial charge in [-0.25, -0.2) is 0 Å². The summed E-state index contributed by atoms with van der Waals surface area (Å²) in [6, 6.07) is 11.2. The van der Waals surface area contributed by atoms with Crippen molar-refractivity contribution in [2.45, 2.75) is 58.0 Å². The minimum Gasteiger partial charge on any atom is -0.369 e. The summed E-state index contributed by atoms with van der Waals surface area (Å²) in [5.74, 6) is 0. The Hall–Kier alpha value is -1.86. The summed E-state index contributed by atoms with van der Waals surface area (Å²) in [5, 5.41) is 2.79. The largest absolute Gasteiger partial charge is 0.369 e. The molecule has 1 unspecified atom stereocenters. The van der Waals surface area contributed by atoms with Gasteiger partial charge in [0.25, 0.3) is 0 Å². The van der Waals surface area contributed by atoms with Gasteiger partial charge in [-0.05, 0) is 45.9 Å². The molecule has 130 valence electrons. The lowest BCUT2D eigenvalue weighted by molar-refractivity contribution is 0.117. The fourth-order valence-electron chi connectivity index (χ4n) is 4.20. The average Bonchev–Trinajstić information content (AvgIpc) is 2.66. The van der Waals surface area contributed by atoms with Gasteiger partial charge in [0.1, 0.15) is 6.10 Å². The number of hydrogen-bond acceptors (Lipinski definition) is 1. The molecule has 0 aliphatic heterocycles. The van der Waals surface area contributed by atoms with Crippen LogP contribution in [0.1, 0.15) is 62.1 Å². The van der Waals surface area contributed by atoms with Crippen LogP contribution in [0.3, 0.4) is 0 Å². The van der Waals surface area contributed by atoms with Gasteiger partial charge in [-0.15, -0.1) is 0 Å². The maximum Gasteiger partial charge on any atom is 0.101 e. The number of rotatable bonds is 8. The molecular formula is C24H28O. The zero-order valence-corrected chi connectivity index (χ0v) is 15.3. The molecule has 1 heteroatoms. The van der Waals surface area contributed by atoms with Gasteiger partial charge in [0.15, 0.2) is 0 Å². The number of benzene rings is 2. The highest BCUT2D eigenvalue weighted by Gasteiger charge is 2.25. The molecule has 1 nitrogen and oxygen atoms in total. The van der Waals surface area contributed by atoms with E-state index in [-0.39, 0.29) is 6.10 Å². The summed E-state index contributed by atoms with van der Waals surface area (Å²) in [5.41, 5.74) is 5.58. The van der Waals surface area contributed by atoms with Gasteiger partial charge in [0, 0.05) is 6.61 Å². The SMILES string of the molecule is CCCCCCCCOC1C=Cc2ccc3cccc4c3c2C1=CC4. The Labute approximate surface area is 151 Å². The van der Waals surface area contributed by atoms with Crippen LogP contribution in [0.2, 0.25) is 0 Å². The van der Waals surface area contributed by atoms with Crippen LogP contribution in [-0.2, 0) is 11.2 Å². The monoisotopic (exact) mass is 332 g/mol. The van der Waals surface area contributed by atoms with Crippen molar-refractivity contribution in [2.24, 2.45) is 0 Å². The summed E-state index contributed by atoms with van der Waals surface area (Å²) in [6.07, 6.45) is 15.9. The van der Waals surface area contributed by atoms with Crippen LogP contribution < -0.4 is 0 Å². The maximum absolute atomic E-state index is 6.27. The van der Waals surface area contributed by atoms with Crippen LogP contribution in [-0.4, -0.2) is 12.7 Å². The molecule has 0 heterocycles. The highest BCUT2D eigenvalue weighted by Crippen LogP contribution is 2.41. The lowest BCUT2D eigenvalue weighted by Crippen LogP contribution is -2.19. The van der Waals surface area contributed by atoms with Gasteiger partial charge in [-0.3, -0.25) is 0 Å². The highest BCUT2D eigenvalue weighted by molar-refractivity contribution is 6.03. The molecular weight excluding hydrogens is 304 g/mol. The summed E-state index contributed by atoms with van der Waals surface area (Å²) >= 11 is 0. The molecule has 2 aliphatic rings. The molecule has 0 saturated heterocycles. The molecule has 1 atom stereocenters. The zero-order chi connectivity index (χ0) is 17.1. The second-order valence-electron chi connectivity index (χ2n) is 7.33. The van der Waals surface area contributed by atoms with Crippen LogP contribution >= 0.6 is 0 Å². The predicted octanol–water partition coefficient (Wildman–Crippen LogP) is 6.55. The van der Waals surface area contributed by atoms with Gasteiger partial charge in [-0.2, -0.15) is 0 Å². The first kappa shape index (κ1) is 16.6. The summed E-state index contributed by atoms with van der Waals surface area (Å²) < 4.78 is 6.27. The lowest BCUT2D eigenvalue weighted by atomic mass is 9.80. The Morgan fingerprint density at radius 2 is 1.88 bits per heavy atom. The molecule has 0 spiro atoms. The first-order chi connectivity index (χ1) is 12.4. The number of unbranched alkanes of at least 4 members (excludes halogenated alkanes) is 5. The molecule has 2 aliphatic carbocycles. The molecule has 0 saturated carbocycles. The van der Waals surface area contributed by atoms with Crippen molar-refractivity contribution in [1.82, 2.24) is 0 Å². The third-order valence-electron chi connectivity index (χ3n) is 5.55. The van der Waals surface area contributed by atoms with Gasteiger partial charge in [-0.1, -0.05) is 87.6 Å². The van der Waals surface area contributed by atoms with Crippen LogP contribution in [0, 0.1) is 0 Å². The van der Waals surface area contributed by atoms with Crippen LogP contribution in [0.4, 0.5) is 0 Å². The lowest BCUT2D eigenvalue weighted by Gasteiger charge is -2.28. The summed E-state index contributed by atoms with van der Waals surface area (Å²) in [6.45, 7) is 3.13. The second kappa shape index (κ2) is 7.58. The van der Waals surface area contributed by atoms with Crippen molar-refractivity contribution >= 4 is 22.4 Å². The van der Waals surface area contributed by atoms with Crippen LogP contribution in [0.15, 0.2) is 42.5 Å². The third-order valence-corrected chi connectivity index (χ3v) is 5.55. The standard InChI is InChI=1S/C24H28O/c1-2-3-4-5-6-7-17-25-22-16-14-20-12-11-18-9-8-10-19-13-15-21(22)24(20)23(18)19/h8-12,14-16,22H,2-7,13,17H2,1H3. The maximum atomic E-state index is 6.27. The van der Waals surface area contributed by atoms with Crippen molar-refractivity contribution < 1.29 is 4.74 Å². The topological polar surface area (TPSA) is 9.23 Å². The number of ether oxygens (including phenoxy) is 1. The van der Waals surface area contributed by atoms with E-state index in [1.54, 1.807) is 0 Å². The van der Waals surface area contributed by atoms with E-state index >= 15 is 0 Å². The predicted molar refractivity (Wildman–Crippen MR) is 108 cm³/mol. The molecule has 0 bridgehead atoms. The molecule has 0 aromatic heterocycles. The van der Waals surface area contributed by atoms with Gasteiger partial charge in [0.05, 0.1) is 0 Å². The van der Waals surface area contributed by atoms with E-state index in [0.29, 0.717) is 0 Å². The van der Waals surface area contributed by atoms with E-state index in [1.807, 2.05) is 0 Å². The van der Waals surface area contributed by atoms with Crippen molar-refractivity contribution in [3.8, 4) is 0 Å². The summed E-state index contributed by atoms with van der Waals surface area (Å²) in [7, 11) is 0. The van der Waals surface area contributed by atoms with Crippen LogP contribution in [0.5, 0.6) is 0 Å². The molecule has 25 heavy (non-hydrogen) atoms. The Balaban J connectivity index is 1.46. The van der Waals surface area contributed by atoms with Gasteiger partial charge >= 0.3 is 0 Å². The van der Waals surface area contributed by atoms with Crippen LogP contribution in [0.25, 0.3) is 22.4 Å². The normalized spacial score (nSPS) is 17.8. The Kier molecular flexibility index (Phi) is 5.03. The minimum absolute atomic E-state index is 0.127. The average molecular weight is 332 g/mol. The third kappa shape index (κ3) is 3.30. The number of allylic oxidation sites excluding steroid dienone is 1. The zero-order valence-electron chi connectivity index (χ0n) is 15.3. The highest BCUT2D eigenvalue weighted by atomic mass is 16.5. The van der Waals surface area contributed by atoms with Crippen molar-refractivity contribution in [1.29, 1.82) is 0 Å². The van der Waals surface area contributed by atoms with E-state index < -0.39 is 0 Å². The molecule has 0 amide bonds. The molecule has 2 aromatic carbocycles. The van der Waals surface area contributed by atoms with E-state index in [1.165, 1.54) is 71.6 Å². The van der Waals surface area contributed by atoms with E-state index in [0.717, 1.165) is 13.0 Å². The molecule has 0 fully saturated rings. The second-order valence-corrected chi connectivity index (χ2v) is 7.33. The van der Waals surface area contributed by atoms with Crippen molar-refractivity contribution in [2.75, 3.05) is 6.61 Å². The Bertz CT molecular complexity index is 812. The molecule has 4 rings (SSSR count). The molecule has 0 radical (unpaired) electrons. The van der Waals surface area contributed by atoms with Gasteiger partial charge < -0.3 is 4.74 Å². The Morgan fingerprint density at radius 3 is 2.80 bits per heavy atom. The number of hydrogen-bond donors (Lipinski definition) is 0. The first-order valence-corrected chi connectivity index (χ1v) is 9.93. The quantitative estimate of drug-likeness (QED) is 0.498. The molecule has 0 N–H and O–H groups in total. The minimum atomic E-state index is 0.127.